The van der Waals surface area contributed by atoms with Crippen LogP contribution in [0.2, 0.25) is 0 Å². The highest BCUT2D eigenvalue weighted by Crippen LogP contribution is 2.21. The van der Waals surface area contributed by atoms with Gasteiger partial charge in [0.2, 0.25) is 5.82 Å². The Bertz CT molecular complexity index is 985. The molecule has 8 heteroatoms. The van der Waals surface area contributed by atoms with E-state index in [2.05, 4.69) is 20.7 Å². The maximum absolute atomic E-state index is 12.9. The smallest absolute Gasteiger partial charge is 0.303 e. The minimum Gasteiger partial charge on any atom is -0.481 e. The summed E-state index contributed by atoms with van der Waals surface area (Å²) in [6.45, 7) is 3.83. The number of nitrogens with one attached hydrogen (secondary N) is 1. The third-order valence-electron chi connectivity index (χ3n) is 4.43. The quantitative estimate of drug-likeness (QED) is 0.608. The molecule has 0 spiro atoms. The van der Waals surface area contributed by atoms with E-state index in [0.717, 1.165) is 11.1 Å². The fourth-order valence-corrected chi connectivity index (χ4v) is 2.99. The number of carbonyl (C=O) groups is 2. The number of amides is 1. The Morgan fingerprint density at radius 3 is 2.55 bits per heavy atom. The number of aromatic nitrogens is 4. The molecule has 3 rings (SSSR count). The summed E-state index contributed by atoms with van der Waals surface area (Å²) in [5.74, 6) is -0.721. The first-order chi connectivity index (χ1) is 13.9. The van der Waals surface area contributed by atoms with Gasteiger partial charge in [0.1, 0.15) is 0 Å². The lowest BCUT2D eigenvalue weighted by Gasteiger charge is -2.19. The summed E-state index contributed by atoms with van der Waals surface area (Å²) in [6.07, 6.45) is 0.439. The van der Waals surface area contributed by atoms with Gasteiger partial charge < -0.3 is 10.4 Å². The molecule has 1 heterocycles. The molecule has 1 amide bonds. The molecule has 1 atom stereocenters. The fraction of sp³-hybridized carbons (Fsp3) is 0.286. The monoisotopic (exact) mass is 393 g/mol. The molecule has 2 N–H and O–H groups in total. The van der Waals surface area contributed by atoms with Gasteiger partial charge >= 0.3 is 5.97 Å². The first-order valence-corrected chi connectivity index (χ1v) is 9.40. The van der Waals surface area contributed by atoms with E-state index >= 15 is 0 Å². The lowest BCUT2D eigenvalue weighted by atomic mass is 10.0. The van der Waals surface area contributed by atoms with E-state index in [9.17, 15) is 9.59 Å². The van der Waals surface area contributed by atoms with Gasteiger partial charge in [0, 0.05) is 17.7 Å². The number of carboxylic acids is 1. The molecule has 0 aliphatic carbocycles. The summed E-state index contributed by atoms with van der Waals surface area (Å²) < 4.78 is 0. The van der Waals surface area contributed by atoms with E-state index in [4.69, 9.17) is 5.11 Å². The Balaban J connectivity index is 1.76. The molecule has 0 fully saturated rings. The molecule has 0 aliphatic heterocycles. The van der Waals surface area contributed by atoms with E-state index < -0.39 is 12.0 Å². The lowest BCUT2D eigenvalue weighted by molar-refractivity contribution is -0.137. The lowest BCUT2D eigenvalue weighted by Crippen LogP contribution is -2.31. The molecule has 0 saturated heterocycles. The second-order valence-electron chi connectivity index (χ2n) is 7.07. The van der Waals surface area contributed by atoms with Crippen LogP contribution in [0.4, 0.5) is 5.69 Å². The van der Waals surface area contributed by atoms with Gasteiger partial charge in [-0.25, -0.2) is 0 Å². The zero-order chi connectivity index (χ0) is 20.8. The molecule has 1 aromatic heterocycles. The van der Waals surface area contributed by atoms with Crippen molar-refractivity contribution in [1.29, 1.82) is 0 Å². The van der Waals surface area contributed by atoms with E-state index in [1.165, 1.54) is 4.80 Å². The number of benzene rings is 2. The van der Waals surface area contributed by atoms with Gasteiger partial charge in [-0.1, -0.05) is 56.3 Å². The van der Waals surface area contributed by atoms with E-state index in [0.29, 0.717) is 17.9 Å². The van der Waals surface area contributed by atoms with Gasteiger partial charge in [-0.2, -0.15) is 4.80 Å². The van der Waals surface area contributed by atoms with Crippen LogP contribution in [0.15, 0.2) is 54.6 Å². The van der Waals surface area contributed by atoms with Crippen molar-refractivity contribution in [3.63, 3.8) is 0 Å². The average Bonchev–Trinajstić information content (AvgIpc) is 3.16. The maximum Gasteiger partial charge on any atom is 0.303 e. The highest BCUT2D eigenvalue weighted by Gasteiger charge is 2.27. The second kappa shape index (κ2) is 9.09. The van der Waals surface area contributed by atoms with Crippen molar-refractivity contribution in [3.8, 4) is 11.4 Å². The Morgan fingerprint density at radius 2 is 1.86 bits per heavy atom. The molecule has 150 valence electrons. The highest BCUT2D eigenvalue weighted by atomic mass is 16.4. The van der Waals surface area contributed by atoms with Crippen LogP contribution in [0.3, 0.4) is 0 Å². The van der Waals surface area contributed by atoms with Crippen LogP contribution in [0.5, 0.6) is 0 Å². The molecule has 8 nitrogen and oxygen atoms in total. The molecule has 1 unspecified atom stereocenters. The summed E-state index contributed by atoms with van der Waals surface area (Å²) in [4.78, 5) is 25.1. The Hall–Kier alpha value is -3.55. The number of hydrogen-bond donors (Lipinski definition) is 2. The van der Waals surface area contributed by atoms with Crippen LogP contribution in [-0.2, 0) is 16.0 Å². The van der Waals surface area contributed by atoms with Crippen molar-refractivity contribution in [2.24, 2.45) is 5.92 Å². The topological polar surface area (TPSA) is 110 Å². The van der Waals surface area contributed by atoms with Crippen molar-refractivity contribution in [2.75, 3.05) is 5.32 Å². The first kappa shape index (κ1) is 20.2. The Kier molecular flexibility index (Phi) is 6.33. The van der Waals surface area contributed by atoms with Crippen LogP contribution in [0.1, 0.15) is 31.9 Å². The number of nitrogens with zero attached hydrogens (tertiary/aromatic N) is 4. The van der Waals surface area contributed by atoms with Crippen molar-refractivity contribution in [2.45, 2.75) is 32.7 Å². The molecule has 0 radical (unpaired) electrons. The maximum atomic E-state index is 12.9. The third-order valence-corrected chi connectivity index (χ3v) is 4.43. The molecule has 0 bridgehead atoms. The molecule has 3 aromatic rings. The predicted molar refractivity (Wildman–Crippen MR) is 108 cm³/mol. The molecule has 0 saturated carbocycles. The minimum absolute atomic E-state index is 0.0388. The number of aryl methyl sites for hydroxylation is 1. The predicted octanol–water partition coefficient (Wildman–Crippen LogP) is 3.19. The summed E-state index contributed by atoms with van der Waals surface area (Å²) in [7, 11) is 0. The third kappa shape index (κ3) is 5.25. The standard InChI is InChI=1S/C21H23N5O3/c1-14(2)19(26-24-20(23-25-26)16-8-4-3-5-9-16)21(29)22-17-10-6-7-15(13-17)11-12-18(27)28/h3-10,13-14,19H,11-12H2,1-2H3,(H,22,29)(H,27,28). The van der Waals surface area contributed by atoms with Crippen molar-refractivity contribution < 1.29 is 14.7 Å². The minimum atomic E-state index is -0.856. The van der Waals surface area contributed by atoms with Crippen LogP contribution >= 0.6 is 0 Å². The SMILES string of the molecule is CC(C)C(C(=O)Nc1cccc(CCC(=O)O)c1)n1nnc(-c2ccccc2)n1. The van der Waals surface area contributed by atoms with E-state index in [1.807, 2.05) is 50.2 Å². The number of hydrogen-bond acceptors (Lipinski definition) is 5. The van der Waals surface area contributed by atoms with Gasteiger partial charge in [0.05, 0.1) is 0 Å². The highest BCUT2D eigenvalue weighted by molar-refractivity contribution is 5.93. The number of carbonyl (C=O) groups excluding carboxylic acids is 1. The summed E-state index contributed by atoms with van der Waals surface area (Å²) in [5.41, 5.74) is 2.27. The van der Waals surface area contributed by atoms with E-state index in [-0.39, 0.29) is 18.2 Å². The molecule has 29 heavy (non-hydrogen) atoms. The second-order valence-corrected chi connectivity index (χ2v) is 7.07. The first-order valence-electron chi connectivity index (χ1n) is 9.40. The van der Waals surface area contributed by atoms with Crippen molar-refractivity contribution in [3.05, 3.63) is 60.2 Å². The molecule has 2 aromatic carbocycles. The summed E-state index contributed by atoms with van der Waals surface area (Å²) >= 11 is 0. The van der Waals surface area contributed by atoms with Gasteiger partial charge in [0.25, 0.3) is 5.91 Å². The molecule has 0 aliphatic rings. The van der Waals surface area contributed by atoms with Crippen molar-refractivity contribution >= 4 is 17.6 Å². The van der Waals surface area contributed by atoms with Crippen molar-refractivity contribution in [1.82, 2.24) is 20.2 Å². The number of tetrazole rings is 1. The van der Waals surface area contributed by atoms with Crippen LogP contribution in [-0.4, -0.2) is 37.2 Å². The Morgan fingerprint density at radius 1 is 1.10 bits per heavy atom. The zero-order valence-electron chi connectivity index (χ0n) is 16.3. The van der Waals surface area contributed by atoms with Gasteiger partial charge in [0.15, 0.2) is 6.04 Å². The van der Waals surface area contributed by atoms with Crippen LogP contribution in [0.25, 0.3) is 11.4 Å². The fourth-order valence-electron chi connectivity index (χ4n) is 2.99. The number of carboxylic acid groups (broad SMARTS) is 1. The molecular weight excluding hydrogens is 370 g/mol. The number of anilines is 1. The number of aliphatic carboxylic acids is 1. The summed E-state index contributed by atoms with van der Waals surface area (Å²) in [6, 6.07) is 16.0. The summed E-state index contributed by atoms with van der Waals surface area (Å²) in [5, 5.41) is 24.3. The average molecular weight is 393 g/mol. The van der Waals surface area contributed by atoms with Gasteiger partial charge in [-0.3, -0.25) is 9.59 Å². The Labute approximate surface area is 168 Å². The molecular formula is C21H23N5O3. The largest absolute Gasteiger partial charge is 0.481 e. The normalized spacial score (nSPS) is 12.0. The number of rotatable bonds is 8. The van der Waals surface area contributed by atoms with Crippen LogP contribution < -0.4 is 5.32 Å². The zero-order valence-corrected chi connectivity index (χ0v) is 16.3. The van der Waals surface area contributed by atoms with E-state index in [1.54, 1.807) is 18.2 Å². The van der Waals surface area contributed by atoms with Gasteiger partial charge in [-0.05, 0) is 35.2 Å². The van der Waals surface area contributed by atoms with Gasteiger partial charge in [-0.15, -0.1) is 10.2 Å². The van der Waals surface area contributed by atoms with Crippen LogP contribution in [0, 0.1) is 5.92 Å².